The first-order valence-electron chi connectivity index (χ1n) is 9.72. The minimum Gasteiger partial charge on any atom is -0.490 e. The van der Waals surface area contributed by atoms with Crippen LogP contribution in [0.1, 0.15) is 5.56 Å². The second kappa shape index (κ2) is 7.45. The molecule has 2 aromatic carbocycles. The van der Waals surface area contributed by atoms with Crippen LogP contribution in [-0.2, 0) is 6.42 Å². The molecule has 5 heteroatoms. The molecule has 5 nitrogen and oxygen atoms in total. The average molecular weight is 382 g/mol. The smallest absolute Gasteiger partial charge is 0.138 e. The van der Waals surface area contributed by atoms with Gasteiger partial charge in [-0.05, 0) is 53.3 Å². The fourth-order valence-electron chi connectivity index (χ4n) is 3.73. The van der Waals surface area contributed by atoms with Gasteiger partial charge in [-0.2, -0.15) is 0 Å². The zero-order valence-electron chi connectivity index (χ0n) is 15.9. The van der Waals surface area contributed by atoms with Gasteiger partial charge in [-0.3, -0.25) is 4.98 Å². The summed E-state index contributed by atoms with van der Waals surface area (Å²) in [5, 5.41) is 2.39. The Balaban J connectivity index is 1.27. The first kappa shape index (κ1) is 17.5. The third-order valence-electron chi connectivity index (χ3n) is 5.22. The Bertz CT molecular complexity index is 1270. The van der Waals surface area contributed by atoms with Crippen molar-refractivity contribution in [2.45, 2.75) is 12.5 Å². The molecule has 1 atom stereocenters. The number of fused-ring (bicyclic) bond motifs is 2. The Hall–Kier alpha value is -3.57. The van der Waals surface area contributed by atoms with E-state index in [-0.39, 0.29) is 6.04 Å². The molecule has 0 bridgehead atoms. The Morgan fingerprint density at radius 1 is 0.931 bits per heavy atom. The maximum atomic E-state index is 6.34. The van der Waals surface area contributed by atoms with E-state index in [1.165, 1.54) is 16.3 Å². The van der Waals surface area contributed by atoms with Crippen molar-refractivity contribution in [2.75, 3.05) is 6.61 Å². The summed E-state index contributed by atoms with van der Waals surface area (Å²) >= 11 is 0. The van der Waals surface area contributed by atoms with E-state index in [1.54, 1.807) is 6.20 Å². The van der Waals surface area contributed by atoms with Crippen molar-refractivity contribution < 1.29 is 4.74 Å². The highest BCUT2D eigenvalue weighted by molar-refractivity contribution is 5.85. The molecule has 3 heterocycles. The lowest BCUT2D eigenvalue weighted by molar-refractivity contribution is 0.287. The van der Waals surface area contributed by atoms with Crippen molar-refractivity contribution >= 4 is 21.8 Å². The van der Waals surface area contributed by atoms with E-state index in [0.717, 1.165) is 34.3 Å². The van der Waals surface area contributed by atoms with Gasteiger partial charge in [-0.15, -0.1) is 0 Å². The van der Waals surface area contributed by atoms with Crippen LogP contribution in [0, 0.1) is 0 Å². The highest BCUT2D eigenvalue weighted by atomic mass is 16.5. The van der Waals surface area contributed by atoms with E-state index in [4.69, 9.17) is 10.5 Å². The number of hydrogen-bond acceptors (Lipinski definition) is 3. The minimum atomic E-state index is -0.103. The second-order valence-corrected chi connectivity index (χ2v) is 7.32. The Kier molecular flexibility index (Phi) is 4.50. The molecule has 5 aromatic rings. The average Bonchev–Trinajstić information content (AvgIpc) is 3.39. The first-order valence-corrected chi connectivity index (χ1v) is 9.72. The third-order valence-corrected chi connectivity index (χ3v) is 5.22. The summed E-state index contributed by atoms with van der Waals surface area (Å²) in [5.41, 5.74) is 11.9. The lowest BCUT2D eigenvalue weighted by Crippen LogP contribution is -2.30. The normalized spacial score (nSPS) is 12.4. The fourth-order valence-corrected chi connectivity index (χ4v) is 3.73. The standard InChI is InChI=1S/C24H22N4O/c25-20(10-19-13-28-24-4-2-1-3-22(19)24)15-29-21-11-18(12-26-14-21)16-5-6-23-17(9-16)7-8-27-23/h1-9,11-14,20,27-28H,10,15,25H2/t20-/m0/s1. The van der Waals surface area contributed by atoms with Crippen LogP contribution in [0.3, 0.4) is 0 Å². The number of nitrogens with one attached hydrogen (secondary N) is 2. The SMILES string of the molecule is N[C@H](COc1cncc(-c2ccc3[nH]ccc3c2)c1)Cc1c[nH]c2ccccc12. The summed E-state index contributed by atoms with van der Waals surface area (Å²) in [7, 11) is 0. The van der Waals surface area contributed by atoms with Crippen molar-refractivity contribution in [1.29, 1.82) is 0 Å². The summed E-state index contributed by atoms with van der Waals surface area (Å²) in [6, 6.07) is 18.5. The molecule has 0 aliphatic carbocycles. The molecule has 144 valence electrons. The van der Waals surface area contributed by atoms with Crippen molar-refractivity contribution in [3.05, 3.63) is 84.9 Å². The maximum absolute atomic E-state index is 6.34. The quantitative estimate of drug-likeness (QED) is 0.400. The molecule has 0 spiro atoms. The molecule has 0 amide bonds. The number of ether oxygens (including phenoxy) is 1. The Morgan fingerprint density at radius 3 is 2.83 bits per heavy atom. The molecule has 0 fully saturated rings. The van der Waals surface area contributed by atoms with Gasteiger partial charge in [0.15, 0.2) is 0 Å². The number of benzene rings is 2. The monoisotopic (exact) mass is 382 g/mol. The second-order valence-electron chi connectivity index (χ2n) is 7.32. The van der Waals surface area contributed by atoms with Crippen LogP contribution in [-0.4, -0.2) is 27.6 Å². The number of H-pyrrole nitrogens is 2. The predicted molar refractivity (Wildman–Crippen MR) is 117 cm³/mol. The summed E-state index contributed by atoms with van der Waals surface area (Å²) in [4.78, 5) is 10.9. The molecular formula is C24H22N4O. The topological polar surface area (TPSA) is 79.7 Å². The molecule has 3 aromatic heterocycles. The van der Waals surface area contributed by atoms with E-state index >= 15 is 0 Å². The highest BCUT2D eigenvalue weighted by Crippen LogP contribution is 2.26. The molecule has 0 saturated heterocycles. The first-order chi connectivity index (χ1) is 14.3. The van der Waals surface area contributed by atoms with Crippen LogP contribution in [0.5, 0.6) is 5.75 Å². The van der Waals surface area contributed by atoms with Crippen LogP contribution >= 0.6 is 0 Å². The van der Waals surface area contributed by atoms with Gasteiger partial charge < -0.3 is 20.4 Å². The molecule has 29 heavy (non-hydrogen) atoms. The Morgan fingerprint density at radius 2 is 1.86 bits per heavy atom. The van der Waals surface area contributed by atoms with Gasteiger partial charge in [-0.25, -0.2) is 0 Å². The summed E-state index contributed by atoms with van der Waals surface area (Å²) in [6.07, 6.45) is 8.32. The minimum absolute atomic E-state index is 0.103. The van der Waals surface area contributed by atoms with Crippen LogP contribution < -0.4 is 10.5 Å². The Labute approximate surface area is 168 Å². The molecule has 0 radical (unpaired) electrons. The van der Waals surface area contributed by atoms with Gasteiger partial charge in [0.05, 0.1) is 6.20 Å². The van der Waals surface area contributed by atoms with Gasteiger partial charge in [0.25, 0.3) is 0 Å². The van der Waals surface area contributed by atoms with E-state index in [2.05, 4.69) is 51.4 Å². The van der Waals surface area contributed by atoms with E-state index in [1.807, 2.05) is 36.8 Å². The fraction of sp³-hybridized carbons (Fsp3) is 0.125. The molecule has 0 aliphatic rings. The van der Waals surface area contributed by atoms with Gasteiger partial charge in [-0.1, -0.05) is 24.3 Å². The third kappa shape index (κ3) is 3.60. The number of pyridine rings is 1. The molecule has 4 N–H and O–H groups in total. The molecule has 5 rings (SSSR count). The molecule has 0 saturated carbocycles. The van der Waals surface area contributed by atoms with Gasteiger partial charge in [0.1, 0.15) is 12.4 Å². The van der Waals surface area contributed by atoms with Gasteiger partial charge >= 0.3 is 0 Å². The zero-order valence-corrected chi connectivity index (χ0v) is 15.9. The lowest BCUT2D eigenvalue weighted by atomic mass is 10.1. The van der Waals surface area contributed by atoms with Crippen LogP contribution in [0.2, 0.25) is 0 Å². The summed E-state index contributed by atoms with van der Waals surface area (Å²) < 4.78 is 5.96. The van der Waals surface area contributed by atoms with Crippen molar-refractivity contribution in [3.8, 4) is 16.9 Å². The predicted octanol–water partition coefficient (Wildman–Crippen LogP) is 4.66. The maximum Gasteiger partial charge on any atom is 0.138 e. The number of rotatable bonds is 6. The number of nitrogens with two attached hydrogens (primary N) is 1. The number of nitrogens with zero attached hydrogens (tertiary/aromatic N) is 1. The summed E-state index contributed by atoms with van der Waals surface area (Å²) in [6.45, 7) is 0.432. The van der Waals surface area contributed by atoms with E-state index < -0.39 is 0 Å². The zero-order chi connectivity index (χ0) is 19.6. The summed E-state index contributed by atoms with van der Waals surface area (Å²) in [5.74, 6) is 0.728. The van der Waals surface area contributed by atoms with Crippen molar-refractivity contribution in [3.63, 3.8) is 0 Å². The van der Waals surface area contributed by atoms with Crippen LogP contribution in [0.25, 0.3) is 32.9 Å². The van der Waals surface area contributed by atoms with Gasteiger partial charge in [0.2, 0.25) is 0 Å². The largest absolute Gasteiger partial charge is 0.490 e. The van der Waals surface area contributed by atoms with Crippen LogP contribution in [0.4, 0.5) is 0 Å². The molecule has 0 unspecified atom stereocenters. The van der Waals surface area contributed by atoms with Crippen LogP contribution in [0.15, 0.2) is 79.4 Å². The molecule has 0 aliphatic heterocycles. The highest BCUT2D eigenvalue weighted by Gasteiger charge is 2.10. The number of aromatic amines is 2. The van der Waals surface area contributed by atoms with E-state index in [9.17, 15) is 0 Å². The number of para-hydroxylation sites is 1. The van der Waals surface area contributed by atoms with Crippen molar-refractivity contribution in [1.82, 2.24) is 15.0 Å². The number of hydrogen-bond donors (Lipinski definition) is 3. The van der Waals surface area contributed by atoms with E-state index in [0.29, 0.717) is 6.61 Å². The number of aromatic nitrogens is 3. The lowest BCUT2D eigenvalue weighted by Gasteiger charge is -2.13. The molecular weight excluding hydrogens is 360 g/mol. The van der Waals surface area contributed by atoms with Crippen molar-refractivity contribution in [2.24, 2.45) is 5.73 Å². The van der Waals surface area contributed by atoms with Gasteiger partial charge in [0, 0.05) is 46.6 Å².